The highest BCUT2D eigenvalue weighted by Gasteiger charge is 2.26. The lowest BCUT2D eigenvalue weighted by atomic mass is 9.95. The minimum atomic E-state index is 0.300. The van der Waals surface area contributed by atoms with Gasteiger partial charge in [-0.1, -0.05) is 38.1 Å². The van der Waals surface area contributed by atoms with E-state index in [9.17, 15) is 4.79 Å². The third-order valence-corrected chi connectivity index (χ3v) is 5.68. The van der Waals surface area contributed by atoms with Crippen LogP contribution in [0.4, 0.5) is 0 Å². The molecule has 1 saturated carbocycles. The summed E-state index contributed by atoms with van der Waals surface area (Å²) in [4.78, 5) is 14.7. The molecule has 0 aromatic heterocycles. The fourth-order valence-electron chi connectivity index (χ4n) is 3.58. The van der Waals surface area contributed by atoms with Crippen molar-refractivity contribution >= 4 is 5.91 Å². The molecular weight excluding hydrogens is 296 g/mol. The molecule has 1 heterocycles. The van der Waals surface area contributed by atoms with Crippen LogP contribution in [0, 0.1) is 5.92 Å². The summed E-state index contributed by atoms with van der Waals surface area (Å²) in [6, 6.07) is 9.37. The Labute approximate surface area is 146 Å². The molecule has 1 aliphatic heterocycles. The predicted octanol–water partition coefficient (Wildman–Crippen LogP) is 3.73. The minimum Gasteiger partial charge on any atom is -0.343 e. The molecule has 1 unspecified atom stereocenters. The fraction of sp³-hybridized carbons (Fsp3) is 0.667. The molecule has 3 nitrogen and oxygen atoms in total. The van der Waals surface area contributed by atoms with E-state index in [0.717, 1.165) is 38.3 Å². The number of likely N-dealkylation sites (tertiary alicyclic amines) is 1. The van der Waals surface area contributed by atoms with Crippen molar-refractivity contribution in [3.8, 4) is 0 Å². The molecule has 1 aliphatic carbocycles. The lowest BCUT2D eigenvalue weighted by Crippen LogP contribution is -2.45. The van der Waals surface area contributed by atoms with Crippen LogP contribution in [0.5, 0.6) is 0 Å². The SMILES string of the molecule is CCc1ccc(C(C)CC(=O)N2CCC(NCC3CC3)CC2)cc1. The van der Waals surface area contributed by atoms with Gasteiger partial charge < -0.3 is 10.2 Å². The molecule has 2 aliphatic rings. The Kier molecular flexibility index (Phi) is 5.94. The van der Waals surface area contributed by atoms with Gasteiger partial charge in [0.1, 0.15) is 0 Å². The summed E-state index contributed by atoms with van der Waals surface area (Å²) < 4.78 is 0. The summed E-state index contributed by atoms with van der Waals surface area (Å²) in [5, 5.41) is 3.68. The maximum atomic E-state index is 12.6. The van der Waals surface area contributed by atoms with Crippen molar-refractivity contribution in [2.75, 3.05) is 19.6 Å². The molecule has 1 amide bonds. The smallest absolute Gasteiger partial charge is 0.223 e. The summed E-state index contributed by atoms with van der Waals surface area (Å²) >= 11 is 0. The average Bonchev–Trinajstić information content (AvgIpc) is 3.45. The predicted molar refractivity (Wildman–Crippen MR) is 99.2 cm³/mol. The zero-order valence-electron chi connectivity index (χ0n) is 15.3. The Bertz CT molecular complexity index is 527. The second-order valence-corrected chi connectivity index (χ2v) is 7.71. The fourth-order valence-corrected chi connectivity index (χ4v) is 3.58. The van der Waals surface area contributed by atoms with E-state index in [1.807, 2.05) is 0 Å². The molecule has 1 N–H and O–H groups in total. The van der Waals surface area contributed by atoms with Gasteiger partial charge >= 0.3 is 0 Å². The first kappa shape index (κ1) is 17.5. The molecule has 2 fully saturated rings. The van der Waals surface area contributed by atoms with Crippen LogP contribution in [-0.2, 0) is 11.2 Å². The number of amides is 1. The Morgan fingerprint density at radius 3 is 2.42 bits per heavy atom. The van der Waals surface area contributed by atoms with Gasteiger partial charge in [-0.3, -0.25) is 4.79 Å². The molecule has 132 valence electrons. The van der Waals surface area contributed by atoms with Crippen LogP contribution in [0.3, 0.4) is 0 Å². The van der Waals surface area contributed by atoms with Crippen molar-refractivity contribution < 1.29 is 4.79 Å². The number of nitrogens with zero attached hydrogens (tertiary/aromatic N) is 1. The van der Waals surface area contributed by atoms with Crippen LogP contribution in [0.1, 0.15) is 63.0 Å². The van der Waals surface area contributed by atoms with Crippen molar-refractivity contribution in [3.05, 3.63) is 35.4 Å². The normalized spacial score (nSPS) is 20.2. The summed E-state index contributed by atoms with van der Waals surface area (Å²) in [5.74, 6) is 1.56. The molecule has 1 aromatic carbocycles. The number of hydrogen-bond acceptors (Lipinski definition) is 2. The Morgan fingerprint density at radius 2 is 1.83 bits per heavy atom. The van der Waals surface area contributed by atoms with Crippen LogP contribution in [-0.4, -0.2) is 36.5 Å². The number of carbonyl (C=O) groups is 1. The number of piperidine rings is 1. The van der Waals surface area contributed by atoms with Gasteiger partial charge in [-0.05, 0) is 61.6 Å². The maximum Gasteiger partial charge on any atom is 0.223 e. The Hall–Kier alpha value is -1.35. The third kappa shape index (κ3) is 4.83. The van der Waals surface area contributed by atoms with E-state index in [2.05, 4.69) is 48.3 Å². The monoisotopic (exact) mass is 328 g/mol. The summed E-state index contributed by atoms with van der Waals surface area (Å²) in [6.45, 7) is 7.36. The topological polar surface area (TPSA) is 32.3 Å². The second-order valence-electron chi connectivity index (χ2n) is 7.71. The number of nitrogens with one attached hydrogen (secondary N) is 1. The number of benzene rings is 1. The molecular formula is C21H32N2O. The van der Waals surface area contributed by atoms with Crippen LogP contribution in [0.15, 0.2) is 24.3 Å². The number of aryl methyl sites for hydroxylation is 1. The van der Waals surface area contributed by atoms with E-state index in [-0.39, 0.29) is 0 Å². The first-order valence-electron chi connectivity index (χ1n) is 9.75. The van der Waals surface area contributed by atoms with Crippen molar-refractivity contribution in [3.63, 3.8) is 0 Å². The first-order valence-corrected chi connectivity index (χ1v) is 9.75. The van der Waals surface area contributed by atoms with Gasteiger partial charge in [-0.15, -0.1) is 0 Å². The summed E-state index contributed by atoms with van der Waals surface area (Å²) in [7, 11) is 0. The van der Waals surface area contributed by atoms with Crippen molar-refractivity contribution in [1.82, 2.24) is 10.2 Å². The lowest BCUT2D eigenvalue weighted by molar-refractivity contribution is -0.132. The minimum absolute atomic E-state index is 0.300. The van der Waals surface area contributed by atoms with E-state index in [4.69, 9.17) is 0 Å². The zero-order chi connectivity index (χ0) is 16.9. The molecule has 1 aromatic rings. The van der Waals surface area contributed by atoms with Gasteiger partial charge in [0, 0.05) is 25.6 Å². The first-order chi connectivity index (χ1) is 11.7. The van der Waals surface area contributed by atoms with E-state index in [1.165, 1.54) is 30.5 Å². The lowest BCUT2D eigenvalue weighted by Gasteiger charge is -2.33. The molecule has 0 bridgehead atoms. The quantitative estimate of drug-likeness (QED) is 0.827. The Morgan fingerprint density at radius 1 is 1.17 bits per heavy atom. The van der Waals surface area contributed by atoms with Crippen LogP contribution < -0.4 is 5.32 Å². The number of rotatable bonds is 7. The Balaban J connectivity index is 1.42. The van der Waals surface area contributed by atoms with Crippen LogP contribution in [0.25, 0.3) is 0 Å². The third-order valence-electron chi connectivity index (χ3n) is 5.68. The number of carbonyl (C=O) groups excluding carboxylic acids is 1. The molecule has 3 rings (SSSR count). The average molecular weight is 329 g/mol. The molecule has 0 spiro atoms. The molecule has 1 saturated heterocycles. The number of hydrogen-bond donors (Lipinski definition) is 1. The van der Waals surface area contributed by atoms with Gasteiger partial charge in [-0.2, -0.15) is 0 Å². The van der Waals surface area contributed by atoms with Gasteiger partial charge in [0.2, 0.25) is 5.91 Å². The largest absolute Gasteiger partial charge is 0.343 e. The standard InChI is InChI=1S/C21H32N2O/c1-3-17-6-8-19(9-7-17)16(2)14-21(24)23-12-10-20(11-13-23)22-15-18-4-5-18/h6-9,16,18,20,22H,3-5,10-15H2,1-2H3. The highest BCUT2D eigenvalue weighted by Crippen LogP contribution is 2.28. The zero-order valence-corrected chi connectivity index (χ0v) is 15.3. The second kappa shape index (κ2) is 8.15. The van der Waals surface area contributed by atoms with Gasteiger partial charge in [0.15, 0.2) is 0 Å². The van der Waals surface area contributed by atoms with Crippen molar-refractivity contribution in [2.45, 2.75) is 64.3 Å². The van der Waals surface area contributed by atoms with Gasteiger partial charge in [0.25, 0.3) is 0 Å². The van der Waals surface area contributed by atoms with Crippen LogP contribution in [0.2, 0.25) is 0 Å². The summed E-state index contributed by atoms with van der Waals surface area (Å²) in [5.41, 5.74) is 2.64. The van der Waals surface area contributed by atoms with E-state index in [0.29, 0.717) is 24.3 Å². The van der Waals surface area contributed by atoms with E-state index < -0.39 is 0 Å². The van der Waals surface area contributed by atoms with E-state index >= 15 is 0 Å². The molecule has 3 heteroatoms. The molecule has 24 heavy (non-hydrogen) atoms. The highest BCUT2D eigenvalue weighted by atomic mass is 16.2. The van der Waals surface area contributed by atoms with Crippen molar-refractivity contribution in [2.24, 2.45) is 5.92 Å². The van der Waals surface area contributed by atoms with Gasteiger partial charge in [0.05, 0.1) is 0 Å². The highest BCUT2D eigenvalue weighted by molar-refractivity contribution is 5.77. The van der Waals surface area contributed by atoms with Gasteiger partial charge in [-0.25, -0.2) is 0 Å². The van der Waals surface area contributed by atoms with Crippen LogP contribution >= 0.6 is 0 Å². The maximum absolute atomic E-state index is 12.6. The summed E-state index contributed by atoms with van der Waals surface area (Å²) in [6.07, 6.45) is 6.72. The molecule has 1 atom stereocenters. The van der Waals surface area contributed by atoms with E-state index in [1.54, 1.807) is 0 Å². The van der Waals surface area contributed by atoms with Crippen molar-refractivity contribution in [1.29, 1.82) is 0 Å². The molecule has 0 radical (unpaired) electrons.